The number of aromatic nitrogens is 3. The minimum absolute atomic E-state index is 0.127. The van der Waals surface area contributed by atoms with Crippen LogP contribution in [0.5, 0.6) is 0 Å². The molecule has 0 saturated carbocycles. The van der Waals surface area contributed by atoms with E-state index in [1.165, 1.54) is 20.2 Å². The van der Waals surface area contributed by atoms with Gasteiger partial charge >= 0.3 is 0 Å². The number of carbonyl (C=O) groups excluding carboxylic acids is 1. The first kappa shape index (κ1) is 21.7. The van der Waals surface area contributed by atoms with Gasteiger partial charge in [-0.2, -0.15) is 0 Å². The van der Waals surface area contributed by atoms with E-state index in [9.17, 15) is 13.2 Å². The van der Waals surface area contributed by atoms with Gasteiger partial charge in [-0.3, -0.25) is 4.79 Å². The number of hydrogen-bond acceptors (Lipinski definition) is 5. The third-order valence-corrected chi connectivity index (χ3v) is 6.92. The fourth-order valence-electron chi connectivity index (χ4n) is 3.07. The highest BCUT2D eigenvalue weighted by atomic mass is 32.2. The van der Waals surface area contributed by atoms with Crippen LogP contribution in [-0.2, 0) is 16.6 Å². The molecule has 1 aromatic heterocycles. The molecule has 1 heterocycles. The second-order valence-electron chi connectivity index (χ2n) is 7.18. The molecule has 30 heavy (non-hydrogen) atoms. The van der Waals surface area contributed by atoms with Gasteiger partial charge in [-0.1, -0.05) is 12.1 Å². The number of nitrogens with one attached hydrogen (secondary N) is 1. The number of anilines is 1. The number of sulfonamides is 1. The first-order valence-corrected chi connectivity index (χ1v) is 10.9. The van der Waals surface area contributed by atoms with Crippen LogP contribution in [-0.4, -0.2) is 47.5 Å². The third kappa shape index (κ3) is 4.12. The number of nitrogens with zero attached hydrogens (tertiary/aromatic N) is 4. The van der Waals surface area contributed by atoms with Crippen molar-refractivity contribution < 1.29 is 13.2 Å². The zero-order valence-corrected chi connectivity index (χ0v) is 18.5. The predicted octanol–water partition coefficient (Wildman–Crippen LogP) is 3.08. The normalized spacial score (nSPS) is 11.7. The van der Waals surface area contributed by atoms with Crippen molar-refractivity contribution in [3.8, 4) is 11.4 Å². The summed E-state index contributed by atoms with van der Waals surface area (Å²) in [5, 5.41) is 10.9. The molecule has 0 unspecified atom stereocenters. The molecule has 8 nitrogen and oxygen atoms in total. The predicted molar refractivity (Wildman–Crippen MR) is 116 cm³/mol. The van der Waals surface area contributed by atoms with E-state index in [0.29, 0.717) is 17.1 Å². The van der Waals surface area contributed by atoms with E-state index in [1.54, 1.807) is 32.3 Å². The Labute approximate surface area is 176 Å². The van der Waals surface area contributed by atoms with Gasteiger partial charge in [0.1, 0.15) is 6.33 Å². The maximum absolute atomic E-state index is 12.9. The summed E-state index contributed by atoms with van der Waals surface area (Å²) in [5.74, 6) is 0.321. The Hall–Kier alpha value is -3.04. The second-order valence-corrected chi connectivity index (χ2v) is 9.30. The van der Waals surface area contributed by atoms with Gasteiger partial charge in [0.05, 0.1) is 4.90 Å². The highest BCUT2D eigenvalue weighted by Crippen LogP contribution is 2.25. The van der Waals surface area contributed by atoms with E-state index in [-0.39, 0.29) is 16.4 Å². The molecule has 0 aliphatic carbocycles. The summed E-state index contributed by atoms with van der Waals surface area (Å²) >= 11 is 0. The van der Waals surface area contributed by atoms with Gasteiger partial charge in [0, 0.05) is 37.5 Å². The Morgan fingerprint density at radius 3 is 2.57 bits per heavy atom. The van der Waals surface area contributed by atoms with Crippen molar-refractivity contribution in [3.05, 3.63) is 59.4 Å². The van der Waals surface area contributed by atoms with Crippen LogP contribution in [0.3, 0.4) is 0 Å². The molecule has 0 fully saturated rings. The first-order valence-electron chi connectivity index (χ1n) is 9.48. The standard InChI is InChI=1S/C21H25N5O3S/c1-6-26-13-22-24-20(26)16-8-7-9-18(11-16)23-21(27)17-10-14(2)15(3)19(12-17)30(28,29)25(4)5/h7-13H,6H2,1-5H3,(H,23,27). The minimum Gasteiger partial charge on any atom is -0.322 e. The summed E-state index contributed by atoms with van der Waals surface area (Å²) in [7, 11) is -0.728. The molecule has 0 aliphatic rings. The summed E-state index contributed by atoms with van der Waals surface area (Å²) in [6.45, 7) is 6.25. The fraction of sp³-hybridized carbons (Fsp3) is 0.286. The molecular formula is C21H25N5O3S. The number of amides is 1. The summed E-state index contributed by atoms with van der Waals surface area (Å²) in [6, 6.07) is 10.4. The molecule has 0 bridgehead atoms. The monoisotopic (exact) mass is 427 g/mol. The molecule has 3 aromatic rings. The SMILES string of the molecule is CCn1cnnc1-c1cccc(NC(=O)c2cc(C)c(C)c(S(=O)(=O)N(C)C)c2)c1. The molecule has 0 aliphatic heterocycles. The van der Waals surface area contributed by atoms with E-state index < -0.39 is 10.0 Å². The molecule has 158 valence electrons. The zero-order chi connectivity index (χ0) is 22.1. The number of hydrogen-bond donors (Lipinski definition) is 1. The average molecular weight is 428 g/mol. The van der Waals surface area contributed by atoms with E-state index in [1.807, 2.05) is 29.7 Å². The number of benzene rings is 2. The van der Waals surface area contributed by atoms with Crippen molar-refractivity contribution in [2.24, 2.45) is 0 Å². The van der Waals surface area contributed by atoms with Gasteiger partial charge in [-0.05, 0) is 56.2 Å². The Balaban J connectivity index is 1.94. The lowest BCUT2D eigenvalue weighted by Gasteiger charge is -2.16. The van der Waals surface area contributed by atoms with Gasteiger partial charge in [0.15, 0.2) is 5.82 Å². The molecule has 9 heteroatoms. The molecule has 2 aromatic carbocycles. The maximum Gasteiger partial charge on any atom is 0.255 e. The zero-order valence-electron chi connectivity index (χ0n) is 17.7. The first-order chi connectivity index (χ1) is 14.1. The van der Waals surface area contributed by atoms with E-state index in [4.69, 9.17) is 0 Å². The van der Waals surface area contributed by atoms with Crippen molar-refractivity contribution in [1.82, 2.24) is 19.1 Å². The van der Waals surface area contributed by atoms with Crippen molar-refractivity contribution in [2.75, 3.05) is 19.4 Å². The number of rotatable bonds is 6. The molecule has 3 rings (SSSR count). The summed E-state index contributed by atoms with van der Waals surface area (Å²) < 4.78 is 28.4. The van der Waals surface area contributed by atoms with Gasteiger partial charge < -0.3 is 9.88 Å². The lowest BCUT2D eigenvalue weighted by atomic mass is 10.1. The third-order valence-electron chi connectivity index (χ3n) is 4.98. The molecule has 0 radical (unpaired) electrons. The minimum atomic E-state index is -3.67. The van der Waals surface area contributed by atoms with Crippen molar-refractivity contribution in [1.29, 1.82) is 0 Å². The largest absolute Gasteiger partial charge is 0.322 e. The molecule has 1 N–H and O–H groups in total. The van der Waals surface area contributed by atoms with Crippen molar-refractivity contribution in [2.45, 2.75) is 32.2 Å². The van der Waals surface area contributed by atoms with E-state index in [0.717, 1.165) is 22.0 Å². The van der Waals surface area contributed by atoms with E-state index in [2.05, 4.69) is 15.5 Å². The topological polar surface area (TPSA) is 97.2 Å². The van der Waals surface area contributed by atoms with Gasteiger partial charge in [0.2, 0.25) is 10.0 Å². The molecular weight excluding hydrogens is 402 g/mol. The smallest absolute Gasteiger partial charge is 0.255 e. The lowest BCUT2D eigenvalue weighted by Crippen LogP contribution is -2.24. The van der Waals surface area contributed by atoms with Crippen LogP contribution in [0.15, 0.2) is 47.6 Å². The van der Waals surface area contributed by atoms with Crippen LogP contribution in [0.1, 0.15) is 28.4 Å². The summed E-state index contributed by atoms with van der Waals surface area (Å²) in [6.07, 6.45) is 1.66. The van der Waals surface area contributed by atoms with Crippen LogP contribution in [0, 0.1) is 13.8 Å². The maximum atomic E-state index is 12.9. The van der Waals surface area contributed by atoms with Crippen LogP contribution in [0.25, 0.3) is 11.4 Å². The Bertz CT molecular complexity index is 1200. The van der Waals surface area contributed by atoms with Crippen LogP contribution in [0.4, 0.5) is 5.69 Å². The van der Waals surface area contributed by atoms with Crippen LogP contribution < -0.4 is 5.32 Å². The Morgan fingerprint density at radius 1 is 1.17 bits per heavy atom. The second kappa shape index (κ2) is 8.37. The average Bonchev–Trinajstić information content (AvgIpc) is 3.18. The highest BCUT2D eigenvalue weighted by Gasteiger charge is 2.23. The van der Waals surface area contributed by atoms with Crippen LogP contribution in [0.2, 0.25) is 0 Å². The molecule has 0 spiro atoms. The van der Waals surface area contributed by atoms with Gasteiger partial charge in [-0.25, -0.2) is 12.7 Å². The summed E-state index contributed by atoms with van der Waals surface area (Å²) in [5.41, 5.74) is 3.04. The Morgan fingerprint density at radius 2 is 1.90 bits per heavy atom. The van der Waals surface area contributed by atoms with Gasteiger partial charge in [0.25, 0.3) is 5.91 Å². The molecule has 1 amide bonds. The van der Waals surface area contributed by atoms with Gasteiger partial charge in [-0.15, -0.1) is 10.2 Å². The lowest BCUT2D eigenvalue weighted by molar-refractivity contribution is 0.102. The fourth-order valence-corrected chi connectivity index (χ4v) is 4.29. The number of aryl methyl sites for hydroxylation is 2. The molecule has 0 atom stereocenters. The van der Waals surface area contributed by atoms with Crippen molar-refractivity contribution >= 4 is 21.6 Å². The number of carbonyl (C=O) groups is 1. The quantitative estimate of drug-likeness (QED) is 0.652. The van der Waals surface area contributed by atoms with Crippen LogP contribution >= 0.6 is 0 Å². The van der Waals surface area contributed by atoms with E-state index >= 15 is 0 Å². The summed E-state index contributed by atoms with van der Waals surface area (Å²) in [4.78, 5) is 13.0. The molecule has 0 saturated heterocycles. The highest BCUT2D eigenvalue weighted by molar-refractivity contribution is 7.89. The Kier molecular flexibility index (Phi) is 6.04. The van der Waals surface area contributed by atoms with Crippen molar-refractivity contribution in [3.63, 3.8) is 0 Å².